The third kappa shape index (κ3) is 3.96. The molecule has 0 radical (unpaired) electrons. The van der Waals surface area contributed by atoms with E-state index in [2.05, 4.69) is 17.9 Å². The minimum absolute atomic E-state index is 0.266. The molecule has 1 aliphatic rings. The van der Waals surface area contributed by atoms with Crippen LogP contribution in [0.4, 0.5) is 0 Å². The SMILES string of the molecule is CCC1CCCN1CC(O)COc1cccc(C#N)c1. The second kappa shape index (κ2) is 7.28. The van der Waals surface area contributed by atoms with Crippen LogP contribution in [0.5, 0.6) is 5.75 Å². The van der Waals surface area contributed by atoms with Crippen LogP contribution in [0, 0.1) is 11.3 Å². The Morgan fingerprint density at radius 1 is 1.55 bits per heavy atom. The quantitative estimate of drug-likeness (QED) is 0.863. The number of aliphatic hydroxyl groups is 1. The van der Waals surface area contributed by atoms with Crippen LogP contribution in [0.25, 0.3) is 0 Å². The zero-order valence-electron chi connectivity index (χ0n) is 12.0. The molecule has 0 spiro atoms. The smallest absolute Gasteiger partial charge is 0.120 e. The van der Waals surface area contributed by atoms with Crippen molar-refractivity contribution >= 4 is 0 Å². The van der Waals surface area contributed by atoms with Gasteiger partial charge in [0.1, 0.15) is 18.5 Å². The largest absolute Gasteiger partial charge is 0.491 e. The van der Waals surface area contributed by atoms with Gasteiger partial charge in [0.25, 0.3) is 0 Å². The molecule has 2 unspecified atom stereocenters. The molecule has 4 heteroatoms. The summed E-state index contributed by atoms with van der Waals surface area (Å²) in [5, 5.41) is 18.9. The Morgan fingerprint density at radius 2 is 2.40 bits per heavy atom. The molecule has 4 nitrogen and oxygen atoms in total. The highest BCUT2D eigenvalue weighted by molar-refractivity contribution is 5.36. The van der Waals surface area contributed by atoms with E-state index in [1.54, 1.807) is 24.3 Å². The van der Waals surface area contributed by atoms with Crippen LogP contribution in [0.2, 0.25) is 0 Å². The van der Waals surface area contributed by atoms with E-state index < -0.39 is 6.10 Å². The lowest BCUT2D eigenvalue weighted by Crippen LogP contribution is -2.38. The van der Waals surface area contributed by atoms with E-state index in [0.29, 0.717) is 23.9 Å². The van der Waals surface area contributed by atoms with Gasteiger partial charge in [-0.05, 0) is 44.0 Å². The predicted octanol–water partition coefficient (Wildman–Crippen LogP) is 2.17. The van der Waals surface area contributed by atoms with Crippen molar-refractivity contribution in [3.8, 4) is 11.8 Å². The van der Waals surface area contributed by atoms with Gasteiger partial charge in [-0.1, -0.05) is 13.0 Å². The maximum absolute atomic E-state index is 10.1. The van der Waals surface area contributed by atoms with Crippen LogP contribution in [0.15, 0.2) is 24.3 Å². The molecule has 0 aliphatic carbocycles. The number of nitriles is 1. The molecular formula is C16H22N2O2. The van der Waals surface area contributed by atoms with Gasteiger partial charge < -0.3 is 9.84 Å². The Kier molecular flexibility index (Phi) is 5.40. The van der Waals surface area contributed by atoms with Crippen LogP contribution in [0.3, 0.4) is 0 Å². The number of benzene rings is 1. The summed E-state index contributed by atoms with van der Waals surface area (Å²) >= 11 is 0. The first-order chi connectivity index (χ1) is 9.72. The molecule has 0 saturated carbocycles. The maximum atomic E-state index is 10.1. The van der Waals surface area contributed by atoms with Crippen LogP contribution in [-0.2, 0) is 0 Å². The summed E-state index contributed by atoms with van der Waals surface area (Å²) in [5.74, 6) is 0.636. The molecule has 1 N–H and O–H groups in total. The molecular weight excluding hydrogens is 252 g/mol. The van der Waals surface area contributed by atoms with E-state index in [4.69, 9.17) is 10.00 Å². The molecule has 20 heavy (non-hydrogen) atoms. The van der Waals surface area contributed by atoms with Gasteiger partial charge in [-0.3, -0.25) is 4.90 Å². The molecule has 1 saturated heterocycles. The van der Waals surface area contributed by atoms with Crippen LogP contribution < -0.4 is 4.74 Å². The van der Waals surface area contributed by atoms with Gasteiger partial charge in [0.2, 0.25) is 0 Å². The normalized spacial score (nSPS) is 20.6. The second-order valence-electron chi connectivity index (χ2n) is 5.30. The second-order valence-corrected chi connectivity index (χ2v) is 5.30. The molecule has 0 bridgehead atoms. The average Bonchev–Trinajstić information content (AvgIpc) is 2.92. The molecule has 1 aromatic rings. The zero-order chi connectivity index (χ0) is 14.4. The van der Waals surface area contributed by atoms with E-state index in [1.165, 1.54) is 12.8 Å². The van der Waals surface area contributed by atoms with Gasteiger partial charge in [-0.25, -0.2) is 0 Å². The lowest BCUT2D eigenvalue weighted by molar-refractivity contribution is 0.0634. The van der Waals surface area contributed by atoms with Crippen molar-refractivity contribution < 1.29 is 9.84 Å². The number of likely N-dealkylation sites (tertiary alicyclic amines) is 1. The highest BCUT2D eigenvalue weighted by atomic mass is 16.5. The minimum Gasteiger partial charge on any atom is -0.491 e. The van der Waals surface area contributed by atoms with Crippen molar-refractivity contribution in [3.63, 3.8) is 0 Å². The fourth-order valence-electron chi connectivity index (χ4n) is 2.77. The summed E-state index contributed by atoms with van der Waals surface area (Å²) in [4.78, 5) is 2.35. The number of rotatable bonds is 6. The standard InChI is InChI=1S/C16H22N2O2/c1-2-14-6-4-8-18(14)11-15(19)12-20-16-7-3-5-13(9-16)10-17/h3,5,7,9,14-15,19H,2,4,6,8,11-12H2,1H3. The predicted molar refractivity (Wildman–Crippen MR) is 77.5 cm³/mol. The summed E-state index contributed by atoms with van der Waals surface area (Å²) in [6.45, 7) is 4.19. The molecule has 1 aromatic carbocycles. The number of hydrogen-bond donors (Lipinski definition) is 1. The van der Waals surface area contributed by atoms with Crippen molar-refractivity contribution in [3.05, 3.63) is 29.8 Å². The topological polar surface area (TPSA) is 56.5 Å². The number of β-amino-alcohol motifs (C(OH)–C–C–N with tert-alkyl or cyclic N) is 1. The fourth-order valence-corrected chi connectivity index (χ4v) is 2.77. The van der Waals surface area contributed by atoms with Gasteiger partial charge in [0.15, 0.2) is 0 Å². The highest BCUT2D eigenvalue weighted by Crippen LogP contribution is 2.20. The Morgan fingerprint density at radius 3 is 3.15 bits per heavy atom. The number of hydrogen-bond acceptors (Lipinski definition) is 4. The van der Waals surface area contributed by atoms with Crippen molar-refractivity contribution in [2.24, 2.45) is 0 Å². The van der Waals surface area contributed by atoms with Gasteiger partial charge in [0, 0.05) is 12.6 Å². The van der Waals surface area contributed by atoms with E-state index in [1.807, 2.05) is 0 Å². The molecule has 108 valence electrons. The number of ether oxygens (including phenoxy) is 1. The zero-order valence-corrected chi connectivity index (χ0v) is 12.0. The number of nitrogens with zero attached hydrogens (tertiary/aromatic N) is 2. The summed E-state index contributed by atoms with van der Waals surface area (Å²) < 4.78 is 5.56. The van der Waals surface area contributed by atoms with Crippen LogP contribution in [-0.4, -0.2) is 41.8 Å². The van der Waals surface area contributed by atoms with Gasteiger partial charge in [0.05, 0.1) is 11.6 Å². The molecule has 1 fully saturated rings. The van der Waals surface area contributed by atoms with Crippen molar-refractivity contribution in [2.75, 3.05) is 19.7 Å². The summed E-state index contributed by atoms with van der Waals surface area (Å²) in [7, 11) is 0. The van der Waals surface area contributed by atoms with Gasteiger partial charge in [-0.2, -0.15) is 5.26 Å². The van der Waals surface area contributed by atoms with E-state index in [0.717, 1.165) is 13.0 Å². The summed E-state index contributed by atoms with van der Waals surface area (Å²) in [6, 6.07) is 9.70. The van der Waals surface area contributed by atoms with Crippen LogP contribution in [0.1, 0.15) is 31.7 Å². The first-order valence-corrected chi connectivity index (χ1v) is 7.28. The van der Waals surface area contributed by atoms with Gasteiger partial charge in [-0.15, -0.1) is 0 Å². The number of aliphatic hydroxyl groups excluding tert-OH is 1. The van der Waals surface area contributed by atoms with E-state index >= 15 is 0 Å². The summed E-state index contributed by atoms with van der Waals surface area (Å²) in [6.07, 6.45) is 3.09. The maximum Gasteiger partial charge on any atom is 0.120 e. The molecule has 1 heterocycles. The Bertz CT molecular complexity index is 470. The average molecular weight is 274 g/mol. The third-order valence-electron chi connectivity index (χ3n) is 3.82. The fraction of sp³-hybridized carbons (Fsp3) is 0.562. The molecule has 1 aliphatic heterocycles. The van der Waals surface area contributed by atoms with Crippen molar-refractivity contribution in [2.45, 2.75) is 38.3 Å². The monoisotopic (exact) mass is 274 g/mol. The Balaban J connectivity index is 1.80. The van der Waals surface area contributed by atoms with Crippen molar-refractivity contribution in [1.29, 1.82) is 5.26 Å². The summed E-state index contributed by atoms with van der Waals surface area (Å²) in [5.41, 5.74) is 0.572. The minimum atomic E-state index is -0.493. The lowest BCUT2D eigenvalue weighted by atomic mass is 10.1. The van der Waals surface area contributed by atoms with Crippen molar-refractivity contribution in [1.82, 2.24) is 4.90 Å². The third-order valence-corrected chi connectivity index (χ3v) is 3.82. The molecule has 2 rings (SSSR count). The first-order valence-electron chi connectivity index (χ1n) is 7.28. The Hall–Kier alpha value is -1.57. The van der Waals surface area contributed by atoms with E-state index in [-0.39, 0.29) is 6.61 Å². The highest BCUT2D eigenvalue weighted by Gasteiger charge is 2.24. The lowest BCUT2D eigenvalue weighted by Gasteiger charge is -2.25. The first kappa shape index (κ1) is 14.8. The van der Waals surface area contributed by atoms with Crippen LogP contribution >= 0.6 is 0 Å². The van der Waals surface area contributed by atoms with Gasteiger partial charge >= 0.3 is 0 Å². The Labute approximate surface area is 120 Å². The molecule has 0 aromatic heterocycles. The molecule has 0 amide bonds. The molecule has 2 atom stereocenters. The van der Waals surface area contributed by atoms with E-state index in [9.17, 15) is 5.11 Å².